The van der Waals surface area contributed by atoms with Crippen LogP contribution in [0.15, 0.2) is 54.6 Å². The third-order valence-corrected chi connectivity index (χ3v) is 5.61. The lowest BCUT2D eigenvalue weighted by atomic mass is 9.92. The van der Waals surface area contributed by atoms with E-state index in [9.17, 15) is 9.90 Å². The van der Waals surface area contributed by atoms with Gasteiger partial charge < -0.3 is 10.0 Å². The van der Waals surface area contributed by atoms with Gasteiger partial charge in [-0.3, -0.25) is 9.48 Å². The maximum absolute atomic E-state index is 13.0. The molecule has 1 aromatic heterocycles. The van der Waals surface area contributed by atoms with Crippen LogP contribution in [0, 0.1) is 6.92 Å². The fraction of sp³-hybridized carbons (Fsp3) is 0.273. The van der Waals surface area contributed by atoms with E-state index in [1.165, 1.54) is 0 Å². The number of nitrogens with zero attached hydrogens (tertiary/aromatic N) is 3. The first-order chi connectivity index (χ1) is 13.4. The number of aliphatic hydroxyl groups is 1. The number of carbonyl (C=O) groups excluding carboxylic acids is 1. The number of amides is 1. The van der Waals surface area contributed by atoms with Gasteiger partial charge in [-0.2, -0.15) is 5.10 Å². The molecule has 28 heavy (non-hydrogen) atoms. The molecule has 6 heteroatoms. The Bertz CT molecular complexity index is 1010. The number of aromatic nitrogens is 2. The lowest BCUT2D eigenvalue weighted by molar-refractivity contribution is 0.0415. The van der Waals surface area contributed by atoms with E-state index in [1.54, 1.807) is 15.6 Å². The molecule has 0 bridgehead atoms. The van der Waals surface area contributed by atoms with Crippen LogP contribution in [0.5, 0.6) is 0 Å². The quantitative estimate of drug-likeness (QED) is 0.734. The molecule has 0 spiro atoms. The maximum Gasteiger partial charge on any atom is 0.274 e. The van der Waals surface area contributed by atoms with Gasteiger partial charge >= 0.3 is 0 Å². The largest absolute Gasteiger partial charge is 0.383 e. The molecule has 1 amide bonds. The monoisotopic (exact) mass is 395 g/mol. The van der Waals surface area contributed by atoms with Crippen LogP contribution in [0.4, 0.5) is 0 Å². The summed E-state index contributed by atoms with van der Waals surface area (Å²) in [5.74, 6) is -0.168. The van der Waals surface area contributed by atoms with Gasteiger partial charge in [-0.15, -0.1) is 0 Å². The highest BCUT2D eigenvalue weighted by molar-refractivity contribution is 6.30. The number of hydrogen-bond acceptors (Lipinski definition) is 3. The molecule has 5 nitrogen and oxygen atoms in total. The van der Waals surface area contributed by atoms with Gasteiger partial charge in [0.15, 0.2) is 5.69 Å². The molecule has 144 valence electrons. The van der Waals surface area contributed by atoms with E-state index < -0.39 is 5.60 Å². The summed E-state index contributed by atoms with van der Waals surface area (Å²) >= 11 is 5.96. The molecule has 1 fully saturated rings. The van der Waals surface area contributed by atoms with Crippen molar-refractivity contribution >= 4 is 17.5 Å². The summed E-state index contributed by atoms with van der Waals surface area (Å²) in [5.41, 5.74) is 3.12. The van der Waals surface area contributed by atoms with Crippen molar-refractivity contribution in [1.29, 1.82) is 0 Å². The summed E-state index contributed by atoms with van der Waals surface area (Å²) in [5, 5.41) is 16.1. The molecule has 4 rings (SSSR count). The van der Waals surface area contributed by atoms with Gasteiger partial charge in [-0.25, -0.2) is 0 Å². The first kappa shape index (κ1) is 18.7. The van der Waals surface area contributed by atoms with Crippen LogP contribution >= 0.6 is 11.6 Å². The molecular formula is C22H22ClN3O2. The molecule has 1 N–H and O–H groups in total. The van der Waals surface area contributed by atoms with Crippen LogP contribution in [0.2, 0.25) is 5.02 Å². The Morgan fingerprint density at radius 3 is 2.50 bits per heavy atom. The highest BCUT2D eigenvalue weighted by Crippen LogP contribution is 2.33. The third-order valence-electron chi connectivity index (χ3n) is 5.36. The van der Waals surface area contributed by atoms with Gasteiger partial charge in [0.25, 0.3) is 5.91 Å². The number of benzene rings is 2. The van der Waals surface area contributed by atoms with Crippen LogP contribution in [0.3, 0.4) is 0 Å². The average molecular weight is 396 g/mol. The molecule has 2 heterocycles. The third kappa shape index (κ3) is 3.43. The lowest BCUT2D eigenvalue weighted by Gasteiger charge is -2.23. The van der Waals surface area contributed by atoms with Crippen LogP contribution in [-0.4, -0.2) is 38.8 Å². The minimum atomic E-state index is -1.02. The first-order valence-electron chi connectivity index (χ1n) is 9.24. The number of halogens is 1. The predicted octanol–water partition coefficient (Wildman–Crippen LogP) is 3.78. The van der Waals surface area contributed by atoms with Crippen LogP contribution < -0.4 is 0 Å². The second kappa shape index (κ2) is 7.08. The number of β-amino-alcohol motifs (C(OH)–C–C–N with tert-alkyl or cyclic N) is 1. The fourth-order valence-electron chi connectivity index (χ4n) is 3.69. The van der Waals surface area contributed by atoms with Gasteiger partial charge in [0.1, 0.15) is 5.60 Å². The topological polar surface area (TPSA) is 58.4 Å². The van der Waals surface area contributed by atoms with Crippen molar-refractivity contribution in [2.24, 2.45) is 7.05 Å². The molecule has 1 aliphatic rings. The molecular weight excluding hydrogens is 374 g/mol. The number of hydrogen-bond donors (Lipinski definition) is 1. The molecule has 0 radical (unpaired) electrons. The van der Waals surface area contributed by atoms with E-state index >= 15 is 0 Å². The number of carbonyl (C=O) groups is 1. The molecule has 1 saturated heterocycles. The molecule has 0 aliphatic carbocycles. The van der Waals surface area contributed by atoms with Crippen LogP contribution in [-0.2, 0) is 12.6 Å². The first-order valence-corrected chi connectivity index (χ1v) is 9.62. The van der Waals surface area contributed by atoms with Gasteiger partial charge in [0.05, 0.1) is 12.2 Å². The van der Waals surface area contributed by atoms with E-state index in [4.69, 9.17) is 11.6 Å². The maximum atomic E-state index is 13.0. The Morgan fingerprint density at radius 1 is 1.14 bits per heavy atom. The number of aryl methyl sites for hydroxylation is 2. The van der Waals surface area contributed by atoms with Gasteiger partial charge in [0.2, 0.25) is 0 Å². The summed E-state index contributed by atoms with van der Waals surface area (Å²) in [6.07, 6.45) is 0.513. The normalized spacial score (nSPS) is 19.2. The minimum absolute atomic E-state index is 0.168. The van der Waals surface area contributed by atoms with E-state index in [0.717, 1.165) is 22.4 Å². The van der Waals surface area contributed by atoms with Crippen molar-refractivity contribution in [3.05, 3.63) is 76.4 Å². The average Bonchev–Trinajstić information content (AvgIpc) is 3.26. The number of rotatable bonds is 3. The highest BCUT2D eigenvalue weighted by atomic mass is 35.5. The summed E-state index contributed by atoms with van der Waals surface area (Å²) in [4.78, 5) is 14.7. The Kier molecular flexibility index (Phi) is 4.73. The van der Waals surface area contributed by atoms with Crippen molar-refractivity contribution in [1.82, 2.24) is 14.7 Å². The van der Waals surface area contributed by atoms with E-state index in [2.05, 4.69) is 5.10 Å². The van der Waals surface area contributed by atoms with E-state index in [0.29, 0.717) is 23.7 Å². The van der Waals surface area contributed by atoms with Gasteiger partial charge in [0, 0.05) is 18.6 Å². The molecule has 0 saturated carbocycles. The summed E-state index contributed by atoms with van der Waals surface area (Å²) in [7, 11) is 1.81. The zero-order valence-electron chi connectivity index (χ0n) is 15.9. The predicted molar refractivity (Wildman–Crippen MR) is 109 cm³/mol. The molecule has 2 aromatic carbocycles. The number of likely N-dealkylation sites (tertiary alicyclic amines) is 1. The second-order valence-corrected chi connectivity index (χ2v) is 7.86. The fourth-order valence-corrected chi connectivity index (χ4v) is 3.82. The second-order valence-electron chi connectivity index (χ2n) is 7.42. The van der Waals surface area contributed by atoms with Crippen molar-refractivity contribution < 1.29 is 9.90 Å². The van der Waals surface area contributed by atoms with Crippen molar-refractivity contribution in [3.63, 3.8) is 0 Å². The Labute approximate surface area is 169 Å². The van der Waals surface area contributed by atoms with Crippen molar-refractivity contribution in [3.8, 4) is 11.3 Å². The Hall–Kier alpha value is -2.63. The van der Waals surface area contributed by atoms with Crippen molar-refractivity contribution in [2.45, 2.75) is 18.9 Å². The summed E-state index contributed by atoms with van der Waals surface area (Å²) in [6.45, 7) is 2.77. The molecule has 1 aliphatic heterocycles. The van der Waals surface area contributed by atoms with E-state index in [1.807, 2.05) is 62.5 Å². The zero-order chi connectivity index (χ0) is 19.9. The highest BCUT2D eigenvalue weighted by Gasteiger charge is 2.40. The Morgan fingerprint density at radius 2 is 1.82 bits per heavy atom. The van der Waals surface area contributed by atoms with Crippen molar-refractivity contribution in [2.75, 3.05) is 13.1 Å². The van der Waals surface area contributed by atoms with Crippen LogP contribution in [0.25, 0.3) is 11.3 Å². The van der Waals surface area contributed by atoms with Gasteiger partial charge in [-0.1, -0.05) is 53.6 Å². The van der Waals surface area contributed by atoms with E-state index in [-0.39, 0.29) is 12.5 Å². The van der Waals surface area contributed by atoms with Crippen LogP contribution in [0.1, 0.15) is 28.0 Å². The smallest absolute Gasteiger partial charge is 0.274 e. The Balaban J connectivity index is 1.55. The molecule has 1 atom stereocenters. The molecule has 3 aromatic rings. The summed E-state index contributed by atoms with van der Waals surface area (Å²) < 4.78 is 1.69. The minimum Gasteiger partial charge on any atom is -0.383 e. The van der Waals surface area contributed by atoms with Gasteiger partial charge in [-0.05, 0) is 42.7 Å². The zero-order valence-corrected chi connectivity index (χ0v) is 16.6. The standard InChI is InChI=1S/C22H22ClN3O2/c1-15-3-7-17(8-4-15)22(28)11-12-26(14-22)21(27)19-13-20(25(2)24-19)16-5-9-18(23)10-6-16/h3-10,13,28H,11-12,14H2,1-2H3. The SMILES string of the molecule is Cc1ccc(C2(O)CCN(C(=O)c3cc(-c4ccc(Cl)cc4)n(C)n3)C2)cc1. The molecule has 1 unspecified atom stereocenters. The summed E-state index contributed by atoms with van der Waals surface area (Å²) in [6, 6.07) is 17.0. The lowest BCUT2D eigenvalue weighted by Crippen LogP contribution is -2.34.